The molecule has 0 aliphatic rings. The molecule has 0 radical (unpaired) electrons. The summed E-state index contributed by atoms with van der Waals surface area (Å²) < 4.78 is 5.17. The summed E-state index contributed by atoms with van der Waals surface area (Å²) in [7, 11) is 0. The second-order valence-electron chi connectivity index (χ2n) is 4.74. The van der Waals surface area contributed by atoms with Crippen molar-refractivity contribution in [1.29, 1.82) is 0 Å². The van der Waals surface area contributed by atoms with Crippen LogP contribution in [0.15, 0.2) is 0 Å². The lowest BCUT2D eigenvalue weighted by atomic mass is 10.2. The Morgan fingerprint density at radius 1 is 1.30 bits per heavy atom. The Kier molecular flexibility index (Phi) is 5.95. The number of carbonyl (C=O) groups excluding carboxylic acids is 1. The molecule has 0 aliphatic carbocycles. The van der Waals surface area contributed by atoms with E-state index in [1.807, 2.05) is 20.8 Å². The number of anilines is 2. The number of nitrogens with zero attached hydrogens (tertiary/aromatic N) is 3. The lowest BCUT2D eigenvalue weighted by Crippen LogP contribution is -2.39. The van der Waals surface area contributed by atoms with Crippen molar-refractivity contribution >= 4 is 17.8 Å². The topological polar surface area (TPSA) is 115 Å². The Hall–Kier alpha value is -2.12. The van der Waals surface area contributed by atoms with Gasteiger partial charge in [-0.2, -0.15) is 15.0 Å². The Morgan fingerprint density at radius 2 is 2.00 bits per heavy atom. The number of amides is 1. The molecule has 0 aliphatic heterocycles. The number of nitrogens with one attached hydrogen (secondary N) is 2. The molecule has 112 valence electrons. The van der Waals surface area contributed by atoms with Gasteiger partial charge in [-0.15, -0.1) is 0 Å². The van der Waals surface area contributed by atoms with E-state index in [0.29, 0.717) is 19.1 Å². The van der Waals surface area contributed by atoms with Crippen molar-refractivity contribution in [3.8, 4) is 6.01 Å². The molecule has 0 spiro atoms. The summed E-state index contributed by atoms with van der Waals surface area (Å²) in [4.78, 5) is 23.6. The van der Waals surface area contributed by atoms with Crippen molar-refractivity contribution in [1.82, 2.24) is 20.3 Å². The lowest BCUT2D eigenvalue weighted by molar-refractivity contribution is -0.121. The minimum absolute atomic E-state index is 0.0424. The van der Waals surface area contributed by atoms with Crippen molar-refractivity contribution in [2.75, 3.05) is 24.2 Å². The summed E-state index contributed by atoms with van der Waals surface area (Å²) in [6, 6.07) is -0.345. The van der Waals surface area contributed by atoms with Crippen LogP contribution in [0.2, 0.25) is 0 Å². The Balaban J connectivity index is 2.65. The number of ether oxygens (including phenoxy) is 1. The summed E-state index contributed by atoms with van der Waals surface area (Å²) in [6.07, 6.45) is 0. The number of aromatic nitrogens is 3. The van der Waals surface area contributed by atoms with E-state index < -0.39 is 6.04 Å². The molecule has 0 fully saturated rings. The molecule has 0 bridgehead atoms. The predicted octanol–water partition coefficient (Wildman–Crippen LogP) is 0.425. The van der Waals surface area contributed by atoms with E-state index in [2.05, 4.69) is 25.6 Å². The summed E-state index contributed by atoms with van der Waals surface area (Å²) in [5.74, 6) is 0.521. The van der Waals surface area contributed by atoms with E-state index in [4.69, 9.17) is 10.5 Å². The van der Waals surface area contributed by atoms with E-state index in [1.165, 1.54) is 0 Å². The molecule has 1 aromatic rings. The van der Waals surface area contributed by atoms with Gasteiger partial charge in [0.15, 0.2) is 0 Å². The molecule has 1 heterocycles. The molecule has 8 nitrogen and oxygen atoms in total. The quantitative estimate of drug-likeness (QED) is 0.664. The third-order valence-electron chi connectivity index (χ3n) is 2.33. The van der Waals surface area contributed by atoms with Gasteiger partial charge in [0.2, 0.25) is 17.8 Å². The van der Waals surface area contributed by atoms with Gasteiger partial charge in [-0.1, -0.05) is 13.8 Å². The van der Waals surface area contributed by atoms with Crippen LogP contribution in [-0.2, 0) is 4.79 Å². The van der Waals surface area contributed by atoms with Crippen LogP contribution in [0.4, 0.5) is 11.9 Å². The molecule has 8 heteroatoms. The zero-order valence-electron chi connectivity index (χ0n) is 12.3. The average Bonchev–Trinajstić information content (AvgIpc) is 2.35. The Bertz CT molecular complexity index is 452. The van der Waals surface area contributed by atoms with Gasteiger partial charge >= 0.3 is 6.01 Å². The molecular weight excluding hydrogens is 260 g/mol. The van der Waals surface area contributed by atoms with Gasteiger partial charge in [-0.25, -0.2) is 0 Å². The standard InChI is InChI=1S/C12H22N6O2/c1-5-20-12-17-10(13)16-11(18-12)15-8(4)9(19)14-6-7(2)3/h7-8H,5-6H2,1-4H3,(H,14,19)(H3,13,15,16,17,18). The molecule has 20 heavy (non-hydrogen) atoms. The first-order valence-corrected chi connectivity index (χ1v) is 6.61. The van der Waals surface area contributed by atoms with Crippen molar-refractivity contribution in [2.24, 2.45) is 5.92 Å². The fourth-order valence-electron chi connectivity index (χ4n) is 1.35. The maximum atomic E-state index is 11.8. The van der Waals surface area contributed by atoms with Gasteiger partial charge in [0.25, 0.3) is 0 Å². The second-order valence-corrected chi connectivity index (χ2v) is 4.74. The summed E-state index contributed by atoms with van der Waals surface area (Å²) in [6.45, 7) is 8.63. The van der Waals surface area contributed by atoms with Crippen LogP contribution in [0.25, 0.3) is 0 Å². The number of hydrogen-bond acceptors (Lipinski definition) is 7. The monoisotopic (exact) mass is 282 g/mol. The maximum Gasteiger partial charge on any atom is 0.323 e. The van der Waals surface area contributed by atoms with Gasteiger partial charge in [-0.3, -0.25) is 4.79 Å². The molecule has 1 aromatic heterocycles. The molecule has 0 aromatic carbocycles. The molecule has 1 amide bonds. The van der Waals surface area contributed by atoms with Gasteiger partial charge < -0.3 is 21.1 Å². The molecule has 4 N–H and O–H groups in total. The maximum absolute atomic E-state index is 11.8. The van der Waals surface area contributed by atoms with Crippen molar-refractivity contribution in [2.45, 2.75) is 33.7 Å². The number of nitrogens with two attached hydrogens (primary N) is 1. The third kappa shape index (κ3) is 5.25. The summed E-state index contributed by atoms with van der Waals surface area (Å²) >= 11 is 0. The van der Waals surface area contributed by atoms with Crippen LogP contribution in [-0.4, -0.2) is 40.1 Å². The van der Waals surface area contributed by atoms with E-state index in [9.17, 15) is 4.79 Å². The van der Waals surface area contributed by atoms with Gasteiger partial charge in [-0.05, 0) is 19.8 Å². The SMILES string of the molecule is CCOc1nc(N)nc(NC(C)C(=O)NCC(C)C)n1. The second kappa shape index (κ2) is 7.46. The first-order chi connectivity index (χ1) is 9.42. The molecular formula is C12H22N6O2. The van der Waals surface area contributed by atoms with Crippen LogP contribution in [0.5, 0.6) is 6.01 Å². The first-order valence-electron chi connectivity index (χ1n) is 6.61. The number of hydrogen-bond donors (Lipinski definition) is 3. The lowest BCUT2D eigenvalue weighted by Gasteiger charge is -2.15. The molecule has 0 saturated heterocycles. The average molecular weight is 282 g/mol. The van der Waals surface area contributed by atoms with Crippen LogP contribution in [0.3, 0.4) is 0 Å². The highest BCUT2D eigenvalue weighted by atomic mass is 16.5. The zero-order chi connectivity index (χ0) is 15.1. The van der Waals surface area contributed by atoms with Gasteiger partial charge in [0.1, 0.15) is 6.04 Å². The van der Waals surface area contributed by atoms with Crippen LogP contribution >= 0.6 is 0 Å². The van der Waals surface area contributed by atoms with Crippen molar-refractivity contribution in [3.63, 3.8) is 0 Å². The predicted molar refractivity (Wildman–Crippen MR) is 76.3 cm³/mol. The molecule has 1 rings (SSSR count). The van der Waals surface area contributed by atoms with Crippen LogP contribution in [0, 0.1) is 5.92 Å². The largest absolute Gasteiger partial charge is 0.464 e. The Labute approximate surface area is 118 Å². The van der Waals surface area contributed by atoms with Crippen LogP contribution < -0.4 is 21.1 Å². The Morgan fingerprint density at radius 3 is 2.60 bits per heavy atom. The highest BCUT2D eigenvalue weighted by Gasteiger charge is 2.15. The number of rotatable bonds is 7. The third-order valence-corrected chi connectivity index (χ3v) is 2.33. The fraction of sp³-hybridized carbons (Fsp3) is 0.667. The van der Waals surface area contributed by atoms with E-state index in [-0.39, 0.29) is 23.8 Å². The van der Waals surface area contributed by atoms with E-state index >= 15 is 0 Å². The summed E-state index contributed by atoms with van der Waals surface area (Å²) in [5.41, 5.74) is 5.56. The van der Waals surface area contributed by atoms with Gasteiger partial charge in [0.05, 0.1) is 6.61 Å². The number of carbonyl (C=O) groups is 1. The number of nitrogen functional groups attached to an aromatic ring is 1. The first kappa shape index (κ1) is 15.9. The van der Waals surface area contributed by atoms with E-state index in [1.54, 1.807) is 6.92 Å². The minimum atomic E-state index is -0.481. The fourth-order valence-corrected chi connectivity index (χ4v) is 1.35. The van der Waals surface area contributed by atoms with E-state index in [0.717, 1.165) is 0 Å². The van der Waals surface area contributed by atoms with Crippen molar-refractivity contribution < 1.29 is 9.53 Å². The van der Waals surface area contributed by atoms with Crippen LogP contribution in [0.1, 0.15) is 27.7 Å². The minimum Gasteiger partial charge on any atom is -0.464 e. The smallest absolute Gasteiger partial charge is 0.323 e. The highest BCUT2D eigenvalue weighted by Crippen LogP contribution is 2.09. The molecule has 1 unspecified atom stereocenters. The zero-order valence-corrected chi connectivity index (χ0v) is 12.3. The highest BCUT2D eigenvalue weighted by molar-refractivity contribution is 5.83. The molecule has 1 atom stereocenters. The summed E-state index contributed by atoms with van der Waals surface area (Å²) in [5, 5.41) is 5.69. The molecule has 0 saturated carbocycles. The van der Waals surface area contributed by atoms with Crippen molar-refractivity contribution in [3.05, 3.63) is 0 Å². The normalized spacial score (nSPS) is 12.1. The van der Waals surface area contributed by atoms with Gasteiger partial charge in [0, 0.05) is 6.54 Å².